The van der Waals surface area contributed by atoms with Crippen LogP contribution in [-0.4, -0.2) is 26.3 Å². The Hall–Kier alpha value is -2.21. The molecule has 0 saturated heterocycles. The summed E-state index contributed by atoms with van der Waals surface area (Å²) in [6.07, 6.45) is 3.78. The number of aryl methyl sites for hydroxylation is 2. The Morgan fingerprint density at radius 1 is 1.29 bits per heavy atom. The van der Waals surface area contributed by atoms with Crippen molar-refractivity contribution in [2.75, 3.05) is 11.9 Å². The van der Waals surface area contributed by atoms with Gasteiger partial charge >= 0.3 is 0 Å². The van der Waals surface area contributed by atoms with E-state index in [1.165, 1.54) is 4.88 Å². The first kappa shape index (κ1) is 13.8. The maximum absolute atomic E-state index is 4.69. The van der Waals surface area contributed by atoms with Gasteiger partial charge in [0, 0.05) is 36.3 Å². The van der Waals surface area contributed by atoms with Crippen molar-refractivity contribution in [1.82, 2.24) is 19.7 Å². The molecule has 0 aliphatic heterocycles. The first-order valence-corrected chi connectivity index (χ1v) is 7.66. The van der Waals surface area contributed by atoms with E-state index in [-0.39, 0.29) is 0 Å². The number of hydrogen-bond acceptors (Lipinski definition) is 5. The Labute approximate surface area is 127 Å². The van der Waals surface area contributed by atoms with Gasteiger partial charge in [0.25, 0.3) is 0 Å². The van der Waals surface area contributed by atoms with Gasteiger partial charge < -0.3 is 5.32 Å². The lowest BCUT2D eigenvalue weighted by atomic mass is 10.2. The fourth-order valence-electron chi connectivity index (χ4n) is 2.09. The fraction of sp³-hybridized carbons (Fsp3) is 0.267. The van der Waals surface area contributed by atoms with E-state index in [9.17, 15) is 0 Å². The zero-order valence-electron chi connectivity index (χ0n) is 12.3. The molecule has 0 radical (unpaired) electrons. The Balaban J connectivity index is 2.09. The number of rotatable bonds is 4. The van der Waals surface area contributed by atoms with Gasteiger partial charge in [-0.25, -0.2) is 9.97 Å². The van der Waals surface area contributed by atoms with Gasteiger partial charge in [0.15, 0.2) is 5.82 Å². The lowest BCUT2D eigenvalue weighted by Gasteiger charge is -2.07. The number of aromatic nitrogens is 4. The minimum Gasteiger partial charge on any atom is -0.370 e. The number of anilines is 1. The van der Waals surface area contributed by atoms with Gasteiger partial charge in [-0.3, -0.25) is 4.68 Å². The molecule has 0 spiro atoms. The molecule has 108 valence electrons. The number of nitrogens with one attached hydrogen (secondary N) is 1. The lowest BCUT2D eigenvalue weighted by Crippen LogP contribution is -2.02. The molecule has 6 heteroatoms. The summed E-state index contributed by atoms with van der Waals surface area (Å²) in [5, 5.41) is 7.48. The summed E-state index contributed by atoms with van der Waals surface area (Å²) >= 11 is 1.70. The average molecular weight is 299 g/mol. The molecule has 3 rings (SSSR count). The summed E-state index contributed by atoms with van der Waals surface area (Å²) in [4.78, 5) is 11.6. The summed E-state index contributed by atoms with van der Waals surface area (Å²) in [6.45, 7) is 4.97. The normalized spacial score (nSPS) is 10.8. The first-order valence-electron chi connectivity index (χ1n) is 6.84. The SMILES string of the molecule is CCNc1cc(-c2cnn(C)c2)nc(-c2ccc(C)s2)n1. The van der Waals surface area contributed by atoms with Crippen LogP contribution in [0.1, 0.15) is 11.8 Å². The summed E-state index contributed by atoms with van der Waals surface area (Å²) in [5.74, 6) is 1.60. The number of hydrogen-bond donors (Lipinski definition) is 1. The van der Waals surface area contributed by atoms with Crippen LogP contribution in [0.25, 0.3) is 22.0 Å². The van der Waals surface area contributed by atoms with Crippen LogP contribution in [0.15, 0.2) is 30.6 Å². The van der Waals surface area contributed by atoms with E-state index in [2.05, 4.69) is 46.4 Å². The minimum absolute atomic E-state index is 0.755. The molecule has 0 amide bonds. The third-order valence-electron chi connectivity index (χ3n) is 3.05. The third-order valence-corrected chi connectivity index (χ3v) is 4.04. The van der Waals surface area contributed by atoms with E-state index >= 15 is 0 Å². The highest BCUT2D eigenvalue weighted by molar-refractivity contribution is 7.15. The molecular formula is C15H17N5S. The molecular weight excluding hydrogens is 282 g/mol. The van der Waals surface area contributed by atoms with Crippen molar-refractivity contribution in [2.45, 2.75) is 13.8 Å². The van der Waals surface area contributed by atoms with Crippen molar-refractivity contribution in [2.24, 2.45) is 7.05 Å². The molecule has 0 unspecified atom stereocenters. The summed E-state index contributed by atoms with van der Waals surface area (Å²) in [7, 11) is 1.90. The summed E-state index contributed by atoms with van der Waals surface area (Å²) < 4.78 is 1.78. The predicted octanol–water partition coefficient (Wildman–Crippen LogP) is 3.35. The standard InChI is InChI=1S/C15H17N5S/c1-4-16-14-7-12(11-8-17-20(3)9-11)18-15(19-14)13-6-5-10(2)21-13/h5-9H,4H2,1-3H3,(H,16,18,19). The quantitative estimate of drug-likeness (QED) is 0.802. The van der Waals surface area contributed by atoms with Crippen LogP contribution < -0.4 is 5.32 Å². The monoisotopic (exact) mass is 299 g/mol. The fourth-order valence-corrected chi connectivity index (χ4v) is 2.89. The molecule has 1 N–H and O–H groups in total. The highest BCUT2D eigenvalue weighted by Crippen LogP contribution is 2.28. The van der Waals surface area contributed by atoms with Gasteiger partial charge in [-0.15, -0.1) is 11.3 Å². The molecule has 3 aromatic heterocycles. The van der Waals surface area contributed by atoms with Crippen LogP contribution in [0.5, 0.6) is 0 Å². The van der Waals surface area contributed by atoms with Crippen LogP contribution in [-0.2, 0) is 7.05 Å². The number of nitrogens with zero attached hydrogens (tertiary/aromatic N) is 4. The Bertz CT molecular complexity index is 701. The molecule has 0 aliphatic carbocycles. The maximum Gasteiger partial charge on any atom is 0.172 e. The van der Waals surface area contributed by atoms with Crippen molar-refractivity contribution in [1.29, 1.82) is 0 Å². The van der Waals surface area contributed by atoms with Crippen LogP contribution >= 0.6 is 11.3 Å². The summed E-state index contributed by atoms with van der Waals surface area (Å²) in [5.41, 5.74) is 1.88. The van der Waals surface area contributed by atoms with E-state index in [1.54, 1.807) is 16.0 Å². The van der Waals surface area contributed by atoms with Gasteiger partial charge in [-0.1, -0.05) is 0 Å². The molecule has 5 nitrogen and oxygen atoms in total. The van der Waals surface area contributed by atoms with Crippen LogP contribution in [0.2, 0.25) is 0 Å². The Morgan fingerprint density at radius 3 is 2.76 bits per heavy atom. The second-order valence-corrected chi connectivity index (χ2v) is 6.09. The molecule has 0 aromatic carbocycles. The predicted molar refractivity (Wildman–Crippen MR) is 86.4 cm³/mol. The topological polar surface area (TPSA) is 55.6 Å². The molecule has 3 aromatic rings. The summed E-state index contributed by atoms with van der Waals surface area (Å²) in [6, 6.07) is 6.12. The zero-order chi connectivity index (χ0) is 14.8. The van der Waals surface area contributed by atoms with Crippen molar-refractivity contribution in [3.05, 3.63) is 35.5 Å². The molecule has 21 heavy (non-hydrogen) atoms. The largest absolute Gasteiger partial charge is 0.370 e. The van der Waals surface area contributed by atoms with Crippen LogP contribution in [0, 0.1) is 6.92 Å². The van der Waals surface area contributed by atoms with Crippen LogP contribution in [0.3, 0.4) is 0 Å². The van der Waals surface area contributed by atoms with Gasteiger partial charge in [0.1, 0.15) is 5.82 Å². The van der Waals surface area contributed by atoms with Crippen molar-refractivity contribution in [3.8, 4) is 22.0 Å². The second-order valence-electron chi connectivity index (χ2n) is 4.81. The molecule has 0 saturated carbocycles. The highest BCUT2D eigenvalue weighted by atomic mass is 32.1. The molecule has 0 fully saturated rings. The van der Waals surface area contributed by atoms with Crippen molar-refractivity contribution < 1.29 is 0 Å². The van der Waals surface area contributed by atoms with Gasteiger partial charge in [-0.2, -0.15) is 5.10 Å². The van der Waals surface area contributed by atoms with E-state index in [1.807, 2.05) is 25.5 Å². The Kier molecular flexibility index (Phi) is 3.70. The van der Waals surface area contributed by atoms with E-state index < -0.39 is 0 Å². The zero-order valence-corrected chi connectivity index (χ0v) is 13.1. The number of thiophene rings is 1. The highest BCUT2D eigenvalue weighted by Gasteiger charge is 2.11. The second kappa shape index (κ2) is 5.65. The smallest absolute Gasteiger partial charge is 0.172 e. The molecule has 0 atom stereocenters. The Morgan fingerprint density at radius 2 is 2.14 bits per heavy atom. The van der Waals surface area contributed by atoms with E-state index in [0.717, 1.165) is 34.3 Å². The maximum atomic E-state index is 4.69. The molecule has 0 aliphatic rings. The average Bonchev–Trinajstić information content (AvgIpc) is 3.08. The molecule has 0 bridgehead atoms. The lowest BCUT2D eigenvalue weighted by molar-refractivity contribution is 0.768. The van der Waals surface area contributed by atoms with Crippen LogP contribution in [0.4, 0.5) is 5.82 Å². The molecule has 3 heterocycles. The first-order chi connectivity index (χ1) is 10.2. The van der Waals surface area contributed by atoms with Gasteiger partial charge in [-0.05, 0) is 26.0 Å². The van der Waals surface area contributed by atoms with Gasteiger partial charge in [0.2, 0.25) is 0 Å². The van der Waals surface area contributed by atoms with E-state index in [4.69, 9.17) is 0 Å². The van der Waals surface area contributed by atoms with Crippen molar-refractivity contribution >= 4 is 17.2 Å². The van der Waals surface area contributed by atoms with Crippen molar-refractivity contribution in [3.63, 3.8) is 0 Å². The minimum atomic E-state index is 0.755. The third kappa shape index (κ3) is 2.95. The van der Waals surface area contributed by atoms with E-state index in [0.29, 0.717) is 0 Å². The van der Waals surface area contributed by atoms with Gasteiger partial charge in [0.05, 0.1) is 16.8 Å².